The number of rotatable bonds is 7. The summed E-state index contributed by atoms with van der Waals surface area (Å²) in [4.78, 5) is 28.1. The zero-order chi connectivity index (χ0) is 25.3. The first-order chi connectivity index (χ1) is 17.3. The molecule has 2 aromatic carbocycles. The molecular weight excluding hydrogens is 469 g/mol. The summed E-state index contributed by atoms with van der Waals surface area (Å²) in [5, 5.41) is 4.21. The Labute approximate surface area is 205 Å². The fourth-order valence-corrected chi connectivity index (χ4v) is 4.10. The number of halogens is 3. The van der Waals surface area contributed by atoms with Gasteiger partial charge in [-0.1, -0.05) is 30.3 Å². The van der Waals surface area contributed by atoms with Crippen LogP contribution in [-0.2, 0) is 6.18 Å². The van der Waals surface area contributed by atoms with E-state index >= 15 is 0 Å². The second kappa shape index (κ2) is 9.52. The van der Waals surface area contributed by atoms with E-state index in [2.05, 4.69) is 20.1 Å². The van der Waals surface area contributed by atoms with Gasteiger partial charge in [-0.05, 0) is 61.1 Å². The van der Waals surface area contributed by atoms with Crippen molar-refractivity contribution in [3.8, 4) is 17.1 Å². The lowest BCUT2D eigenvalue weighted by atomic mass is 9.98. The van der Waals surface area contributed by atoms with E-state index in [4.69, 9.17) is 0 Å². The summed E-state index contributed by atoms with van der Waals surface area (Å²) in [6, 6.07) is 13.3. The second-order valence-corrected chi connectivity index (χ2v) is 8.82. The number of aromatic nitrogens is 5. The van der Waals surface area contributed by atoms with Crippen molar-refractivity contribution in [2.45, 2.75) is 32.0 Å². The fourth-order valence-electron chi connectivity index (χ4n) is 4.10. The molecule has 36 heavy (non-hydrogen) atoms. The smallest absolute Gasteiger partial charge is 0.328 e. The Hall–Kier alpha value is -4.08. The molecule has 2 aromatic heterocycles. The van der Waals surface area contributed by atoms with Gasteiger partial charge in [-0.3, -0.25) is 4.79 Å². The third-order valence-electron chi connectivity index (χ3n) is 6.18. The zero-order valence-corrected chi connectivity index (χ0v) is 19.4. The molecule has 0 bridgehead atoms. The molecule has 0 radical (unpaired) electrons. The average molecular weight is 493 g/mol. The van der Waals surface area contributed by atoms with E-state index < -0.39 is 23.7 Å². The normalized spacial score (nSPS) is 14.4. The number of carbonyl (C=O) groups is 1. The van der Waals surface area contributed by atoms with Crippen LogP contribution in [0.5, 0.6) is 0 Å². The number of amides is 1. The van der Waals surface area contributed by atoms with Gasteiger partial charge < -0.3 is 4.90 Å². The molecule has 1 unspecified atom stereocenters. The number of hydrogen-bond donors (Lipinski definition) is 0. The van der Waals surface area contributed by atoms with Crippen molar-refractivity contribution in [2.75, 3.05) is 6.54 Å². The maximum absolute atomic E-state index is 13.8. The first kappa shape index (κ1) is 23.7. The van der Waals surface area contributed by atoms with Crippen molar-refractivity contribution in [2.24, 2.45) is 5.92 Å². The Morgan fingerprint density at radius 1 is 1.03 bits per heavy atom. The minimum absolute atomic E-state index is 0.0294. The molecule has 2 heterocycles. The molecule has 10 heteroatoms. The molecule has 1 aliphatic carbocycles. The van der Waals surface area contributed by atoms with Crippen LogP contribution in [0.15, 0.2) is 73.3 Å². The molecule has 5 rings (SSSR count). The average Bonchev–Trinajstić information content (AvgIpc) is 3.59. The molecule has 0 aliphatic heterocycles. The first-order valence-corrected chi connectivity index (χ1v) is 11.6. The topological polar surface area (TPSA) is 76.8 Å². The SMILES string of the molecule is CC(c1ncnn1-c1ncccn1)N(CC1CC1)C(=O)c1cc(-c2ccccc2)cc(C(F)(F)F)c1. The molecule has 1 atom stereocenters. The molecule has 184 valence electrons. The molecule has 0 saturated heterocycles. The highest BCUT2D eigenvalue weighted by atomic mass is 19.4. The molecule has 0 spiro atoms. The Kier molecular flexibility index (Phi) is 6.26. The molecule has 0 N–H and O–H groups in total. The van der Waals surface area contributed by atoms with Gasteiger partial charge in [-0.25, -0.2) is 15.0 Å². The van der Waals surface area contributed by atoms with Crippen LogP contribution in [0.1, 0.15) is 47.6 Å². The van der Waals surface area contributed by atoms with Gasteiger partial charge in [0.15, 0.2) is 5.82 Å². The van der Waals surface area contributed by atoms with Gasteiger partial charge in [0.05, 0.1) is 11.6 Å². The third-order valence-corrected chi connectivity index (χ3v) is 6.18. The molecule has 7 nitrogen and oxygen atoms in total. The Balaban J connectivity index is 1.55. The van der Waals surface area contributed by atoms with Gasteiger partial charge >= 0.3 is 6.18 Å². The largest absolute Gasteiger partial charge is 0.416 e. The van der Waals surface area contributed by atoms with Crippen LogP contribution in [0.25, 0.3) is 17.1 Å². The molecule has 1 saturated carbocycles. The van der Waals surface area contributed by atoms with E-state index in [1.165, 1.54) is 17.1 Å². The molecular formula is C26H23F3N6O. The summed E-state index contributed by atoms with van der Waals surface area (Å²) in [7, 11) is 0. The Morgan fingerprint density at radius 2 is 1.75 bits per heavy atom. The van der Waals surface area contributed by atoms with Crippen molar-refractivity contribution in [1.82, 2.24) is 29.6 Å². The van der Waals surface area contributed by atoms with Crippen LogP contribution in [0.2, 0.25) is 0 Å². The summed E-state index contributed by atoms with van der Waals surface area (Å²) in [5.41, 5.74) is 0.0272. The fraction of sp³-hybridized carbons (Fsp3) is 0.269. The first-order valence-electron chi connectivity index (χ1n) is 11.6. The minimum atomic E-state index is -4.60. The minimum Gasteiger partial charge on any atom is -0.328 e. The van der Waals surface area contributed by atoms with Crippen molar-refractivity contribution in [1.29, 1.82) is 0 Å². The maximum atomic E-state index is 13.8. The predicted octanol–water partition coefficient (Wildman–Crippen LogP) is 5.36. The molecule has 1 aliphatic rings. The van der Waals surface area contributed by atoms with Crippen LogP contribution in [0, 0.1) is 5.92 Å². The number of carbonyl (C=O) groups excluding carboxylic acids is 1. The molecule has 1 amide bonds. The predicted molar refractivity (Wildman–Crippen MR) is 126 cm³/mol. The van der Waals surface area contributed by atoms with Crippen molar-refractivity contribution in [3.05, 3.63) is 90.3 Å². The number of alkyl halides is 3. The lowest BCUT2D eigenvalue weighted by molar-refractivity contribution is -0.137. The van der Waals surface area contributed by atoms with E-state index in [1.807, 2.05) is 0 Å². The van der Waals surface area contributed by atoms with Crippen LogP contribution in [-0.4, -0.2) is 42.1 Å². The van der Waals surface area contributed by atoms with Gasteiger partial charge in [0.1, 0.15) is 6.33 Å². The monoisotopic (exact) mass is 492 g/mol. The van der Waals surface area contributed by atoms with E-state index in [-0.39, 0.29) is 5.56 Å². The van der Waals surface area contributed by atoms with E-state index in [1.54, 1.807) is 60.6 Å². The highest BCUT2D eigenvalue weighted by Crippen LogP contribution is 2.36. The summed E-state index contributed by atoms with van der Waals surface area (Å²) in [6.07, 6.45) is 1.81. The highest BCUT2D eigenvalue weighted by Gasteiger charge is 2.35. The lowest BCUT2D eigenvalue weighted by Crippen LogP contribution is -2.37. The Morgan fingerprint density at radius 3 is 2.42 bits per heavy atom. The van der Waals surface area contributed by atoms with Gasteiger partial charge in [0.25, 0.3) is 11.9 Å². The van der Waals surface area contributed by atoms with Crippen molar-refractivity contribution >= 4 is 5.91 Å². The molecule has 4 aromatic rings. The van der Waals surface area contributed by atoms with Gasteiger partial charge in [0, 0.05) is 24.5 Å². The van der Waals surface area contributed by atoms with Crippen molar-refractivity contribution in [3.63, 3.8) is 0 Å². The summed E-state index contributed by atoms with van der Waals surface area (Å²) >= 11 is 0. The summed E-state index contributed by atoms with van der Waals surface area (Å²) in [5.74, 6) is 0.507. The summed E-state index contributed by atoms with van der Waals surface area (Å²) < 4.78 is 42.9. The number of hydrogen-bond acceptors (Lipinski definition) is 5. The summed E-state index contributed by atoms with van der Waals surface area (Å²) in [6.45, 7) is 2.19. The van der Waals surface area contributed by atoms with Gasteiger partial charge in [-0.2, -0.15) is 23.0 Å². The van der Waals surface area contributed by atoms with E-state index in [0.717, 1.165) is 25.0 Å². The lowest BCUT2D eigenvalue weighted by Gasteiger charge is -2.29. The van der Waals surface area contributed by atoms with Gasteiger partial charge in [-0.15, -0.1) is 0 Å². The number of benzene rings is 2. The maximum Gasteiger partial charge on any atom is 0.416 e. The van der Waals surface area contributed by atoms with E-state index in [0.29, 0.717) is 35.4 Å². The molecule has 1 fully saturated rings. The zero-order valence-electron chi connectivity index (χ0n) is 19.4. The second-order valence-electron chi connectivity index (χ2n) is 8.82. The standard InChI is InChI=1S/C26H23F3N6O/c1-17(23-32-16-33-35(23)25-30-10-5-11-31-25)34(15-18-8-9-18)24(36)21-12-20(19-6-3-2-4-7-19)13-22(14-21)26(27,28)29/h2-7,10-14,16-18H,8-9,15H2,1H3. The Bertz CT molecular complexity index is 1350. The van der Waals surface area contributed by atoms with E-state index in [9.17, 15) is 18.0 Å². The van der Waals surface area contributed by atoms with Crippen LogP contribution < -0.4 is 0 Å². The van der Waals surface area contributed by atoms with Crippen molar-refractivity contribution < 1.29 is 18.0 Å². The third kappa shape index (κ3) is 4.98. The number of nitrogens with zero attached hydrogens (tertiary/aromatic N) is 6. The van der Waals surface area contributed by atoms with Crippen LogP contribution in [0.4, 0.5) is 13.2 Å². The van der Waals surface area contributed by atoms with Gasteiger partial charge in [0.2, 0.25) is 0 Å². The van der Waals surface area contributed by atoms with Crippen LogP contribution in [0.3, 0.4) is 0 Å². The highest BCUT2D eigenvalue weighted by molar-refractivity contribution is 5.96. The quantitative estimate of drug-likeness (QED) is 0.347. The van der Waals surface area contributed by atoms with Crippen LogP contribution >= 0.6 is 0 Å².